The molecule has 2 rings (SSSR count). The van der Waals surface area contributed by atoms with Crippen LogP contribution in [0.25, 0.3) is 0 Å². The molecular weight excluding hydrogens is 307 g/mol. The molecule has 2 aromatic rings. The van der Waals surface area contributed by atoms with Crippen LogP contribution in [0.2, 0.25) is 0 Å². The van der Waals surface area contributed by atoms with Crippen LogP contribution in [0.3, 0.4) is 0 Å². The Labute approximate surface area is 109 Å². The van der Waals surface area contributed by atoms with Crippen LogP contribution in [-0.2, 0) is 0 Å². The normalized spacial score (nSPS) is 10.1. The van der Waals surface area contributed by atoms with Crippen molar-refractivity contribution in [3.05, 3.63) is 46.4 Å². The molecule has 7 heteroatoms. The van der Waals surface area contributed by atoms with Crippen LogP contribution in [0.15, 0.2) is 35.1 Å². The molecule has 1 aromatic heterocycles. The molecule has 0 saturated carbocycles. The number of carboxylic acids is 1. The molecule has 0 aliphatic heterocycles. The molecule has 0 bridgehead atoms. The number of hydrogen-bond donors (Lipinski definition) is 1. The third-order valence-electron chi connectivity index (χ3n) is 1.92. The first-order valence-corrected chi connectivity index (χ1v) is 5.53. The Kier molecular flexibility index (Phi) is 3.52. The first-order chi connectivity index (χ1) is 8.54. The zero-order chi connectivity index (χ0) is 13.1. The van der Waals surface area contributed by atoms with E-state index in [1.54, 1.807) is 0 Å². The molecule has 0 fully saturated rings. The van der Waals surface area contributed by atoms with E-state index in [1.165, 1.54) is 18.2 Å². The summed E-state index contributed by atoms with van der Waals surface area (Å²) in [5, 5.41) is 8.66. The molecule has 0 spiro atoms. The van der Waals surface area contributed by atoms with Gasteiger partial charge in [0, 0.05) is 22.9 Å². The molecule has 0 saturated heterocycles. The number of ether oxygens (including phenoxy) is 1. The van der Waals surface area contributed by atoms with Gasteiger partial charge in [-0.2, -0.15) is 0 Å². The summed E-state index contributed by atoms with van der Waals surface area (Å²) < 4.78 is 18.8. The fourth-order valence-electron chi connectivity index (χ4n) is 1.17. The maximum Gasteiger partial charge on any atom is 0.338 e. The van der Waals surface area contributed by atoms with Crippen molar-refractivity contribution in [3.63, 3.8) is 0 Å². The van der Waals surface area contributed by atoms with E-state index in [-0.39, 0.29) is 17.3 Å². The van der Waals surface area contributed by atoms with Crippen LogP contribution in [0.4, 0.5) is 4.39 Å². The van der Waals surface area contributed by atoms with Crippen LogP contribution >= 0.6 is 15.9 Å². The lowest BCUT2D eigenvalue weighted by molar-refractivity contribution is 0.0696. The molecule has 0 amide bonds. The summed E-state index contributed by atoms with van der Waals surface area (Å²) in [6.45, 7) is 0. The van der Waals surface area contributed by atoms with Gasteiger partial charge in [-0.25, -0.2) is 19.2 Å². The van der Waals surface area contributed by atoms with Crippen LogP contribution < -0.4 is 4.74 Å². The Morgan fingerprint density at radius 1 is 1.28 bits per heavy atom. The number of aromatic nitrogens is 2. The predicted octanol–water partition coefficient (Wildman–Crippen LogP) is 2.87. The van der Waals surface area contributed by atoms with Crippen LogP contribution in [-0.4, -0.2) is 21.0 Å². The van der Waals surface area contributed by atoms with Gasteiger partial charge >= 0.3 is 12.0 Å². The second kappa shape index (κ2) is 5.09. The Bertz CT molecular complexity index is 569. The average molecular weight is 313 g/mol. The first kappa shape index (κ1) is 12.4. The monoisotopic (exact) mass is 312 g/mol. The maximum absolute atomic E-state index is 13.1. The average Bonchev–Trinajstić information content (AvgIpc) is 2.28. The number of rotatable bonds is 3. The van der Waals surface area contributed by atoms with Crippen LogP contribution in [0.1, 0.15) is 10.4 Å². The smallest absolute Gasteiger partial charge is 0.338 e. The molecule has 0 aliphatic rings. The van der Waals surface area contributed by atoms with E-state index in [0.29, 0.717) is 4.47 Å². The van der Waals surface area contributed by atoms with Gasteiger partial charge in [-0.05, 0) is 12.1 Å². The van der Waals surface area contributed by atoms with E-state index in [9.17, 15) is 9.18 Å². The van der Waals surface area contributed by atoms with E-state index < -0.39 is 11.8 Å². The lowest BCUT2D eigenvalue weighted by Gasteiger charge is -2.04. The standard InChI is InChI=1S/C11H6BrFN2O3/c12-7-1-8(13)3-9(2-7)18-11-14-4-6(5-15-11)10(16)17/h1-5H,(H,16,17). The van der Waals surface area contributed by atoms with E-state index >= 15 is 0 Å². The van der Waals surface area contributed by atoms with Crippen molar-refractivity contribution in [2.45, 2.75) is 0 Å². The van der Waals surface area contributed by atoms with E-state index in [4.69, 9.17) is 9.84 Å². The number of carboxylic acid groups (broad SMARTS) is 1. The van der Waals surface area contributed by atoms with Crippen molar-refractivity contribution in [1.29, 1.82) is 0 Å². The number of hydrogen-bond acceptors (Lipinski definition) is 4. The van der Waals surface area contributed by atoms with Gasteiger partial charge in [0.1, 0.15) is 11.6 Å². The molecule has 0 aliphatic carbocycles. The zero-order valence-corrected chi connectivity index (χ0v) is 10.4. The molecule has 1 aromatic carbocycles. The Balaban J connectivity index is 2.20. The van der Waals surface area contributed by atoms with Crippen molar-refractivity contribution in [2.24, 2.45) is 0 Å². The second-order valence-electron chi connectivity index (χ2n) is 3.27. The summed E-state index contributed by atoms with van der Waals surface area (Å²) >= 11 is 3.12. The largest absolute Gasteiger partial charge is 0.478 e. The zero-order valence-electron chi connectivity index (χ0n) is 8.80. The second-order valence-corrected chi connectivity index (χ2v) is 4.18. The fourth-order valence-corrected chi connectivity index (χ4v) is 1.62. The fraction of sp³-hybridized carbons (Fsp3) is 0. The highest BCUT2D eigenvalue weighted by atomic mass is 79.9. The van der Waals surface area contributed by atoms with E-state index in [1.807, 2.05) is 0 Å². The highest BCUT2D eigenvalue weighted by Crippen LogP contribution is 2.23. The Hall–Kier alpha value is -2.02. The summed E-state index contributed by atoms with van der Waals surface area (Å²) in [6.07, 6.45) is 2.22. The van der Waals surface area contributed by atoms with Crippen molar-refractivity contribution in [1.82, 2.24) is 9.97 Å². The molecule has 18 heavy (non-hydrogen) atoms. The minimum absolute atomic E-state index is 0.0530. The number of halogens is 2. The lowest BCUT2D eigenvalue weighted by atomic mass is 10.3. The summed E-state index contributed by atoms with van der Waals surface area (Å²) in [4.78, 5) is 18.0. The lowest BCUT2D eigenvalue weighted by Crippen LogP contribution is -1.99. The van der Waals surface area contributed by atoms with Crippen molar-refractivity contribution in [2.75, 3.05) is 0 Å². The van der Waals surface area contributed by atoms with Gasteiger partial charge in [-0.1, -0.05) is 15.9 Å². The highest BCUT2D eigenvalue weighted by Gasteiger charge is 2.07. The van der Waals surface area contributed by atoms with Gasteiger partial charge < -0.3 is 9.84 Å². The molecule has 0 atom stereocenters. The van der Waals surface area contributed by atoms with Crippen LogP contribution in [0, 0.1) is 5.82 Å². The van der Waals surface area contributed by atoms with E-state index in [2.05, 4.69) is 25.9 Å². The topological polar surface area (TPSA) is 72.3 Å². The molecule has 0 unspecified atom stereocenters. The summed E-state index contributed by atoms with van der Waals surface area (Å²) in [5.74, 6) is -1.39. The van der Waals surface area contributed by atoms with Gasteiger partial charge in [-0.15, -0.1) is 0 Å². The van der Waals surface area contributed by atoms with Gasteiger partial charge in [0.25, 0.3) is 0 Å². The van der Waals surface area contributed by atoms with Crippen molar-refractivity contribution in [3.8, 4) is 11.8 Å². The minimum Gasteiger partial charge on any atom is -0.478 e. The van der Waals surface area contributed by atoms with Crippen molar-refractivity contribution < 1.29 is 19.0 Å². The molecule has 92 valence electrons. The highest BCUT2D eigenvalue weighted by molar-refractivity contribution is 9.10. The third-order valence-corrected chi connectivity index (χ3v) is 2.38. The summed E-state index contributed by atoms with van der Waals surface area (Å²) in [7, 11) is 0. The van der Waals surface area contributed by atoms with Gasteiger partial charge in [0.15, 0.2) is 0 Å². The molecular formula is C11H6BrFN2O3. The van der Waals surface area contributed by atoms with Crippen LogP contribution in [0.5, 0.6) is 11.8 Å². The summed E-state index contributed by atoms with van der Waals surface area (Å²) in [5.41, 5.74) is -0.0530. The quantitative estimate of drug-likeness (QED) is 0.943. The molecule has 1 N–H and O–H groups in total. The predicted molar refractivity (Wildman–Crippen MR) is 63.2 cm³/mol. The SMILES string of the molecule is O=C(O)c1cnc(Oc2cc(F)cc(Br)c2)nc1. The summed E-state index contributed by atoms with van der Waals surface area (Å²) in [6, 6.07) is 3.93. The first-order valence-electron chi connectivity index (χ1n) is 4.74. The number of aromatic carboxylic acids is 1. The van der Waals surface area contributed by atoms with Gasteiger partial charge in [0.2, 0.25) is 0 Å². The number of carbonyl (C=O) groups is 1. The number of benzene rings is 1. The van der Waals surface area contributed by atoms with Crippen molar-refractivity contribution >= 4 is 21.9 Å². The Morgan fingerprint density at radius 2 is 1.94 bits per heavy atom. The molecule has 5 nitrogen and oxygen atoms in total. The van der Waals surface area contributed by atoms with Gasteiger partial charge in [-0.3, -0.25) is 0 Å². The minimum atomic E-state index is -1.13. The molecule has 0 radical (unpaired) electrons. The van der Waals surface area contributed by atoms with Gasteiger partial charge in [0.05, 0.1) is 5.56 Å². The maximum atomic E-state index is 13.1. The Morgan fingerprint density at radius 3 is 2.50 bits per heavy atom. The number of nitrogens with zero attached hydrogens (tertiary/aromatic N) is 2. The third kappa shape index (κ3) is 3.01. The van der Waals surface area contributed by atoms with E-state index in [0.717, 1.165) is 12.4 Å². The molecule has 1 heterocycles.